The Morgan fingerprint density at radius 3 is 2.56 bits per heavy atom. The standard InChI is InChI=1S/C26H34N4O5S/c1-4-5-6-7-16-35-20-12-8-18(9-13-20)26(2)17-21(22-14-15-30(28-22)19-10-11-19)23(24(31)27-26)25(32)29-36(3,33)34/h8-9,12-15,19H,4-7,10-11,16-17H2,1-3H3,(H,27,31)(H,29,32)/t26-/m0/s1. The van der Waals surface area contributed by atoms with Crippen molar-refractivity contribution in [2.24, 2.45) is 0 Å². The summed E-state index contributed by atoms with van der Waals surface area (Å²) >= 11 is 0. The molecule has 0 bridgehead atoms. The molecule has 0 unspecified atom stereocenters. The van der Waals surface area contributed by atoms with Crippen LogP contribution in [0.4, 0.5) is 0 Å². The molecule has 0 spiro atoms. The molecule has 1 aliphatic carbocycles. The van der Waals surface area contributed by atoms with E-state index in [-0.39, 0.29) is 12.0 Å². The molecule has 2 heterocycles. The van der Waals surface area contributed by atoms with E-state index in [0.29, 0.717) is 23.9 Å². The van der Waals surface area contributed by atoms with E-state index < -0.39 is 27.4 Å². The summed E-state index contributed by atoms with van der Waals surface area (Å²) in [6, 6.07) is 9.67. The number of sulfonamides is 1. The summed E-state index contributed by atoms with van der Waals surface area (Å²) in [5.41, 5.74) is 0.693. The molecule has 2 aromatic rings. The molecule has 2 amide bonds. The molecule has 1 aliphatic heterocycles. The highest BCUT2D eigenvalue weighted by Gasteiger charge is 2.41. The fraction of sp³-hybridized carbons (Fsp3) is 0.500. The van der Waals surface area contributed by atoms with Crippen LogP contribution in [0.2, 0.25) is 0 Å². The van der Waals surface area contributed by atoms with E-state index in [9.17, 15) is 18.0 Å². The number of hydrogen-bond donors (Lipinski definition) is 2. The molecule has 194 valence electrons. The number of ether oxygens (including phenoxy) is 1. The van der Waals surface area contributed by atoms with Crippen molar-refractivity contribution in [2.45, 2.75) is 70.4 Å². The molecule has 1 atom stereocenters. The maximum absolute atomic E-state index is 13.3. The molecular weight excluding hydrogens is 480 g/mol. The third-order valence-corrected chi connectivity index (χ3v) is 7.11. The highest BCUT2D eigenvalue weighted by molar-refractivity contribution is 7.89. The smallest absolute Gasteiger partial charge is 0.270 e. The number of aromatic nitrogens is 2. The first-order valence-electron chi connectivity index (χ1n) is 12.5. The summed E-state index contributed by atoms with van der Waals surface area (Å²) in [5.74, 6) is -0.842. The fourth-order valence-electron chi connectivity index (χ4n) is 4.47. The number of benzene rings is 1. The second-order valence-electron chi connectivity index (χ2n) is 9.87. The van der Waals surface area contributed by atoms with Crippen molar-refractivity contribution >= 4 is 27.4 Å². The predicted molar refractivity (Wildman–Crippen MR) is 137 cm³/mol. The molecule has 4 rings (SSSR count). The maximum atomic E-state index is 13.3. The number of unbranched alkanes of at least 4 members (excludes halogenated alkanes) is 3. The van der Waals surface area contributed by atoms with Gasteiger partial charge in [-0.15, -0.1) is 0 Å². The van der Waals surface area contributed by atoms with Gasteiger partial charge in [-0.05, 0) is 49.9 Å². The van der Waals surface area contributed by atoms with Gasteiger partial charge in [-0.2, -0.15) is 5.10 Å². The van der Waals surface area contributed by atoms with Crippen molar-refractivity contribution < 1.29 is 22.7 Å². The van der Waals surface area contributed by atoms with Gasteiger partial charge in [-0.1, -0.05) is 38.3 Å². The maximum Gasteiger partial charge on any atom is 0.270 e. The van der Waals surface area contributed by atoms with E-state index in [0.717, 1.165) is 43.3 Å². The van der Waals surface area contributed by atoms with E-state index in [4.69, 9.17) is 4.74 Å². The van der Waals surface area contributed by atoms with Gasteiger partial charge in [0, 0.05) is 18.2 Å². The Kier molecular flexibility index (Phi) is 7.54. The Bertz CT molecular complexity index is 1260. The summed E-state index contributed by atoms with van der Waals surface area (Å²) < 4.78 is 33.1. The number of carbonyl (C=O) groups is 2. The van der Waals surface area contributed by atoms with Crippen LogP contribution in [0.3, 0.4) is 0 Å². The summed E-state index contributed by atoms with van der Waals surface area (Å²) in [7, 11) is -3.85. The van der Waals surface area contributed by atoms with Gasteiger partial charge in [-0.25, -0.2) is 13.1 Å². The van der Waals surface area contributed by atoms with Gasteiger partial charge in [-0.3, -0.25) is 14.3 Å². The summed E-state index contributed by atoms with van der Waals surface area (Å²) in [4.78, 5) is 26.1. The van der Waals surface area contributed by atoms with Gasteiger partial charge in [0.1, 0.15) is 11.3 Å². The monoisotopic (exact) mass is 514 g/mol. The number of hydrogen-bond acceptors (Lipinski definition) is 6. The normalized spacial score (nSPS) is 20.2. The van der Waals surface area contributed by atoms with Crippen LogP contribution >= 0.6 is 0 Å². The predicted octanol–water partition coefficient (Wildman–Crippen LogP) is 3.44. The summed E-state index contributed by atoms with van der Waals surface area (Å²) in [6.45, 7) is 4.71. The summed E-state index contributed by atoms with van der Waals surface area (Å²) in [5, 5.41) is 7.54. The molecule has 1 aromatic heterocycles. The quantitative estimate of drug-likeness (QED) is 0.350. The zero-order valence-electron chi connectivity index (χ0n) is 21.0. The SMILES string of the molecule is CCCCCCOc1ccc([C@]2(C)CC(c3ccn(C4CC4)n3)=C(C(=O)NS(C)(=O)=O)C(=O)N2)cc1. The van der Waals surface area contributed by atoms with Gasteiger partial charge in [0.2, 0.25) is 10.0 Å². The van der Waals surface area contributed by atoms with E-state index in [1.807, 2.05) is 46.8 Å². The first-order valence-corrected chi connectivity index (χ1v) is 14.4. The molecule has 10 heteroatoms. The van der Waals surface area contributed by atoms with Crippen LogP contribution in [0, 0.1) is 0 Å². The average Bonchev–Trinajstić information content (AvgIpc) is 3.54. The molecule has 2 N–H and O–H groups in total. The highest BCUT2D eigenvalue weighted by Crippen LogP contribution is 2.40. The van der Waals surface area contributed by atoms with Gasteiger partial charge in [0.05, 0.1) is 30.1 Å². The van der Waals surface area contributed by atoms with E-state index in [2.05, 4.69) is 17.3 Å². The Morgan fingerprint density at radius 2 is 1.92 bits per heavy atom. The number of nitrogens with zero attached hydrogens (tertiary/aromatic N) is 2. The zero-order valence-corrected chi connectivity index (χ0v) is 21.9. The van der Waals surface area contributed by atoms with Crippen molar-refractivity contribution in [3.05, 3.63) is 53.4 Å². The largest absolute Gasteiger partial charge is 0.494 e. The van der Waals surface area contributed by atoms with Gasteiger partial charge in [0.15, 0.2) is 0 Å². The Balaban J connectivity index is 1.60. The lowest BCUT2D eigenvalue weighted by Gasteiger charge is -2.37. The van der Waals surface area contributed by atoms with Crippen LogP contribution in [0.1, 0.15) is 76.1 Å². The third-order valence-electron chi connectivity index (χ3n) is 6.55. The molecule has 0 saturated heterocycles. The average molecular weight is 515 g/mol. The molecule has 9 nitrogen and oxygen atoms in total. The van der Waals surface area contributed by atoms with E-state index in [1.165, 1.54) is 12.8 Å². The van der Waals surface area contributed by atoms with Gasteiger partial charge < -0.3 is 10.1 Å². The third kappa shape index (κ3) is 6.16. The Labute approximate surface area is 212 Å². The van der Waals surface area contributed by atoms with Crippen LogP contribution in [0.5, 0.6) is 5.75 Å². The van der Waals surface area contributed by atoms with Gasteiger partial charge in [0.25, 0.3) is 11.8 Å². The topological polar surface area (TPSA) is 119 Å². The molecule has 2 aliphatic rings. The number of carbonyl (C=O) groups excluding carboxylic acids is 2. The van der Waals surface area contributed by atoms with Crippen LogP contribution in [-0.4, -0.2) is 42.9 Å². The van der Waals surface area contributed by atoms with E-state index >= 15 is 0 Å². The molecule has 1 aromatic carbocycles. The van der Waals surface area contributed by atoms with Crippen molar-refractivity contribution in [3.8, 4) is 5.75 Å². The molecule has 0 radical (unpaired) electrons. The number of rotatable bonds is 11. The van der Waals surface area contributed by atoms with Crippen LogP contribution in [0.25, 0.3) is 5.57 Å². The fourth-order valence-corrected chi connectivity index (χ4v) is 4.91. The summed E-state index contributed by atoms with van der Waals surface area (Å²) in [6.07, 6.45) is 9.56. The second kappa shape index (κ2) is 10.5. The molecular formula is C26H34N4O5S. The highest BCUT2D eigenvalue weighted by atomic mass is 32.2. The lowest BCUT2D eigenvalue weighted by atomic mass is 9.79. The molecule has 36 heavy (non-hydrogen) atoms. The number of nitrogens with one attached hydrogen (secondary N) is 2. The van der Waals surface area contributed by atoms with Crippen LogP contribution < -0.4 is 14.8 Å². The van der Waals surface area contributed by atoms with Crippen molar-refractivity contribution in [2.75, 3.05) is 12.9 Å². The minimum absolute atomic E-state index is 0.231. The van der Waals surface area contributed by atoms with Gasteiger partial charge >= 0.3 is 0 Å². The van der Waals surface area contributed by atoms with Crippen LogP contribution in [0.15, 0.2) is 42.1 Å². The first kappa shape index (κ1) is 25.9. The lowest BCUT2D eigenvalue weighted by molar-refractivity contribution is -0.124. The molecule has 1 saturated carbocycles. The minimum Gasteiger partial charge on any atom is -0.494 e. The second-order valence-corrected chi connectivity index (χ2v) is 11.6. The van der Waals surface area contributed by atoms with Crippen molar-refractivity contribution in [1.29, 1.82) is 0 Å². The minimum atomic E-state index is -3.85. The first-order chi connectivity index (χ1) is 17.1. The van der Waals surface area contributed by atoms with Crippen molar-refractivity contribution in [1.82, 2.24) is 19.8 Å². The van der Waals surface area contributed by atoms with Crippen LogP contribution in [-0.2, 0) is 25.2 Å². The Hall–Kier alpha value is -3.14. The number of amides is 2. The Morgan fingerprint density at radius 1 is 1.19 bits per heavy atom. The lowest BCUT2D eigenvalue weighted by Crippen LogP contribution is -2.50. The van der Waals surface area contributed by atoms with E-state index in [1.54, 1.807) is 6.07 Å². The zero-order chi connectivity index (χ0) is 25.9. The van der Waals surface area contributed by atoms with Crippen molar-refractivity contribution in [3.63, 3.8) is 0 Å². The molecule has 1 fully saturated rings.